The van der Waals surface area contributed by atoms with E-state index in [-0.39, 0.29) is 5.04 Å². The van der Waals surface area contributed by atoms with Gasteiger partial charge in [-0.1, -0.05) is 26.8 Å². The number of hydrogen-bond donors (Lipinski definition) is 0. The monoisotopic (exact) mass is 451 g/mol. The molecule has 1 amide bonds. The van der Waals surface area contributed by atoms with Gasteiger partial charge in [-0.2, -0.15) is 0 Å². The van der Waals surface area contributed by atoms with Crippen molar-refractivity contribution >= 4 is 34.1 Å². The summed E-state index contributed by atoms with van der Waals surface area (Å²) in [6.07, 6.45) is -0.928. The number of ether oxygens (including phenoxy) is 1. The van der Waals surface area contributed by atoms with Gasteiger partial charge in [-0.3, -0.25) is 4.90 Å². The first-order valence-corrected chi connectivity index (χ1v) is 12.1. The predicted molar refractivity (Wildman–Crippen MR) is 123 cm³/mol. The van der Waals surface area contributed by atoms with Crippen LogP contribution in [-0.2, 0) is 18.5 Å². The molecule has 31 heavy (non-hydrogen) atoms. The summed E-state index contributed by atoms with van der Waals surface area (Å²) in [7, 11) is -1.62. The second-order valence-corrected chi connectivity index (χ2v) is 13.9. The summed E-state index contributed by atoms with van der Waals surface area (Å²) in [5, 5.41) is 0.131. The van der Waals surface area contributed by atoms with Gasteiger partial charge in [0.2, 0.25) is 0 Å². The molecule has 2 fully saturated rings. The standard InChI is InChI=1S/C22H35BFNO5Si/c1-19(2,3)31-30-20(4,5)17-13-25(18(26)27-17)14-10-11-15(16(24)12-14)23-28-21(6,7)22(8,9)29-23/h10-12,17H,13,31H2,1-9H3. The number of benzene rings is 1. The average Bonchev–Trinajstić information content (AvgIpc) is 3.10. The SMILES string of the molecule is CC(C)(C)[SiH2]OC(C)(C)C1CN(c2ccc(B3OC(C)(C)C(C)(C)O3)c(F)c2)C(=O)O1. The van der Waals surface area contributed by atoms with Gasteiger partial charge >= 0.3 is 13.2 Å². The van der Waals surface area contributed by atoms with Crippen molar-refractivity contribution in [2.24, 2.45) is 0 Å². The van der Waals surface area contributed by atoms with Crippen LogP contribution >= 0.6 is 0 Å². The number of anilines is 1. The van der Waals surface area contributed by atoms with Crippen molar-refractivity contribution < 1.29 is 27.7 Å². The van der Waals surface area contributed by atoms with Crippen LogP contribution in [0.25, 0.3) is 0 Å². The minimum Gasteiger partial charge on any atom is -0.441 e. The van der Waals surface area contributed by atoms with E-state index < -0.39 is 51.7 Å². The Hall–Kier alpha value is -1.42. The summed E-state index contributed by atoms with van der Waals surface area (Å²) >= 11 is 0. The van der Waals surface area contributed by atoms with Crippen molar-refractivity contribution in [1.82, 2.24) is 0 Å². The van der Waals surface area contributed by atoms with Crippen molar-refractivity contribution in [3.8, 4) is 0 Å². The summed E-state index contributed by atoms with van der Waals surface area (Å²) in [6.45, 7) is 18.3. The number of cyclic esters (lactones) is 1. The third-order valence-electron chi connectivity index (χ3n) is 6.27. The fourth-order valence-electron chi connectivity index (χ4n) is 3.38. The molecule has 0 aliphatic carbocycles. The molecule has 2 aliphatic rings. The highest BCUT2D eigenvalue weighted by molar-refractivity contribution is 6.62. The molecule has 1 atom stereocenters. The maximum Gasteiger partial charge on any atom is 0.497 e. The molecule has 6 nitrogen and oxygen atoms in total. The Bertz CT molecular complexity index is 839. The molecule has 0 saturated carbocycles. The lowest BCUT2D eigenvalue weighted by atomic mass is 9.78. The second-order valence-electron chi connectivity index (χ2n) is 11.2. The number of halogens is 1. The highest BCUT2D eigenvalue weighted by Crippen LogP contribution is 2.37. The molecule has 0 bridgehead atoms. The molecule has 0 N–H and O–H groups in total. The van der Waals surface area contributed by atoms with Crippen LogP contribution in [0.15, 0.2) is 18.2 Å². The van der Waals surface area contributed by atoms with E-state index in [1.54, 1.807) is 12.1 Å². The fourth-order valence-corrected chi connectivity index (χ4v) is 4.37. The Morgan fingerprint density at radius 3 is 2.23 bits per heavy atom. The predicted octanol–water partition coefficient (Wildman–Crippen LogP) is 3.55. The lowest BCUT2D eigenvalue weighted by molar-refractivity contribution is -0.0133. The zero-order valence-electron chi connectivity index (χ0n) is 20.2. The van der Waals surface area contributed by atoms with Crippen molar-refractivity contribution in [2.75, 3.05) is 11.4 Å². The van der Waals surface area contributed by atoms with E-state index in [4.69, 9.17) is 18.5 Å². The first kappa shape index (κ1) is 24.2. The van der Waals surface area contributed by atoms with Gasteiger partial charge in [-0.25, -0.2) is 9.18 Å². The van der Waals surface area contributed by atoms with Crippen LogP contribution in [0.3, 0.4) is 0 Å². The van der Waals surface area contributed by atoms with E-state index in [0.29, 0.717) is 17.7 Å². The maximum absolute atomic E-state index is 15.0. The summed E-state index contributed by atoms with van der Waals surface area (Å²) < 4.78 is 38.7. The normalized spacial score (nSPS) is 23.8. The smallest absolute Gasteiger partial charge is 0.441 e. The Kier molecular flexibility index (Phi) is 6.15. The molecule has 3 rings (SSSR count). The molecule has 9 heteroatoms. The summed E-state index contributed by atoms with van der Waals surface area (Å²) in [4.78, 5) is 14.0. The van der Waals surface area contributed by atoms with Crippen molar-refractivity contribution in [2.45, 2.75) is 90.3 Å². The lowest BCUT2D eigenvalue weighted by Gasteiger charge is -2.33. The van der Waals surface area contributed by atoms with Gasteiger partial charge in [0, 0.05) is 5.46 Å². The van der Waals surface area contributed by atoms with Gasteiger partial charge < -0.3 is 18.5 Å². The van der Waals surface area contributed by atoms with Gasteiger partial charge in [-0.05, 0) is 58.7 Å². The molecule has 1 unspecified atom stereocenters. The summed E-state index contributed by atoms with van der Waals surface area (Å²) in [6, 6.07) is 4.65. The molecule has 0 radical (unpaired) electrons. The fraction of sp³-hybridized carbons (Fsp3) is 0.682. The first-order chi connectivity index (χ1) is 14.0. The lowest BCUT2D eigenvalue weighted by Crippen LogP contribution is -2.44. The minimum absolute atomic E-state index is 0.131. The number of carbonyl (C=O) groups excluding carboxylic acids is 1. The molecule has 1 aromatic rings. The largest absolute Gasteiger partial charge is 0.497 e. The van der Waals surface area contributed by atoms with Crippen molar-refractivity contribution in [3.63, 3.8) is 0 Å². The van der Waals surface area contributed by atoms with E-state index in [9.17, 15) is 4.79 Å². The quantitative estimate of drug-likeness (QED) is 0.641. The first-order valence-electron chi connectivity index (χ1n) is 10.8. The van der Waals surface area contributed by atoms with E-state index >= 15 is 4.39 Å². The van der Waals surface area contributed by atoms with Gasteiger partial charge in [0.1, 0.15) is 11.9 Å². The number of rotatable bonds is 5. The highest BCUT2D eigenvalue weighted by Gasteiger charge is 2.52. The highest BCUT2D eigenvalue weighted by atomic mass is 28.2. The Labute approximate surface area is 187 Å². The Morgan fingerprint density at radius 1 is 1.13 bits per heavy atom. The zero-order chi connectivity index (χ0) is 23.4. The number of nitrogens with zero attached hydrogens (tertiary/aromatic N) is 1. The molecular weight excluding hydrogens is 416 g/mol. The number of hydrogen-bond acceptors (Lipinski definition) is 5. The average molecular weight is 451 g/mol. The molecule has 1 aromatic carbocycles. The van der Waals surface area contributed by atoms with Gasteiger partial charge in [0.25, 0.3) is 0 Å². The van der Waals surface area contributed by atoms with Crippen LogP contribution in [0.5, 0.6) is 0 Å². The Balaban J connectivity index is 1.74. The second kappa shape index (κ2) is 7.86. The molecule has 172 valence electrons. The van der Waals surface area contributed by atoms with Crippen LogP contribution in [0.4, 0.5) is 14.9 Å². The number of amides is 1. The van der Waals surface area contributed by atoms with E-state index in [1.165, 1.54) is 11.0 Å². The van der Waals surface area contributed by atoms with Gasteiger partial charge in [-0.15, -0.1) is 0 Å². The van der Waals surface area contributed by atoms with E-state index in [2.05, 4.69) is 20.8 Å². The van der Waals surface area contributed by atoms with Gasteiger partial charge in [0.15, 0.2) is 9.76 Å². The van der Waals surface area contributed by atoms with E-state index in [0.717, 1.165) is 0 Å². The third kappa shape index (κ3) is 5.00. The molecule has 2 heterocycles. The number of carbonyl (C=O) groups is 1. The molecule has 2 aliphatic heterocycles. The minimum atomic E-state index is -0.822. The van der Waals surface area contributed by atoms with Crippen LogP contribution in [0, 0.1) is 5.82 Å². The van der Waals surface area contributed by atoms with Crippen LogP contribution in [0.1, 0.15) is 62.3 Å². The van der Waals surface area contributed by atoms with Gasteiger partial charge in [0.05, 0.1) is 29.0 Å². The van der Waals surface area contributed by atoms with Crippen LogP contribution in [-0.4, -0.2) is 52.4 Å². The topological polar surface area (TPSA) is 57.2 Å². The third-order valence-corrected chi connectivity index (χ3v) is 8.02. The Morgan fingerprint density at radius 2 is 1.71 bits per heavy atom. The zero-order valence-corrected chi connectivity index (χ0v) is 21.6. The van der Waals surface area contributed by atoms with Crippen LogP contribution < -0.4 is 10.4 Å². The molecular formula is C22H35BFNO5Si. The summed E-state index contributed by atoms with van der Waals surface area (Å²) in [5.41, 5.74) is -0.973. The van der Waals surface area contributed by atoms with Crippen molar-refractivity contribution in [1.29, 1.82) is 0 Å². The molecule has 0 spiro atoms. The van der Waals surface area contributed by atoms with Crippen LogP contribution in [0.2, 0.25) is 5.04 Å². The maximum atomic E-state index is 15.0. The van der Waals surface area contributed by atoms with Crippen molar-refractivity contribution in [3.05, 3.63) is 24.0 Å². The van der Waals surface area contributed by atoms with E-state index in [1.807, 2.05) is 41.5 Å². The summed E-state index contributed by atoms with van der Waals surface area (Å²) in [5.74, 6) is -0.483. The molecule has 0 aromatic heterocycles. The molecule has 2 saturated heterocycles.